The summed E-state index contributed by atoms with van der Waals surface area (Å²) < 4.78 is 5.46. The predicted molar refractivity (Wildman–Crippen MR) is 70.6 cm³/mol. The van der Waals surface area contributed by atoms with Crippen molar-refractivity contribution in [3.8, 4) is 5.75 Å². The fraction of sp³-hybridized carbons (Fsp3) is 0.357. The van der Waals surface area contributed by atoms with Crippen molar-refractivity contribution in [2.24, 2.45) is 0 Å². The topological polar surface area (TPSA) is 58.6 Å². The van der Waals surface area contributed by atoms with Gasteiger partial charge in [-0.15, -0.1) is 0 Å². The van der Waals surface area contributed by atoms with Gasteiger partial charge in [0, 0.05) is 6.54 Å². The Morgan fingerprint density at radius 1 is 1.39 bits per heavy atom. The summed E-state index contributed by atoms with van der Waals surface area (Å²) in [6.45, 7) is 6.40. The van der Waals surface area contributed by atoms with Crippen LogP contribution in [0.2, 0.25) is 0 Å². The van der Waals surface area contributed by atoms with Crippen molar-refractivity contribution in [2.45, 2.75) is 13.3 Å². The van der Waals surface area contributed by atoms with Gasteiger partial charge in [0.2, 0.25) is 5.91 Å². The maximum Gasteiger partial charge on any atom is 0.224 e. The summed E-state index contributed by atoms with van der Waals surface area (Å²) in [5.41, 5.74) is 1.87. The van der Waals surface area contributed by atoms with Crippen LogP contribution in [0, 0.1) is 0 Å². The molecule has 0 heterocycles. The molecule has 0 spiro atoms. The third-order valence-corrected chi connectivity index (χ3v) is 2.21. The van der Waals surface area contributed by atoms with E-state index in [1.165, 1.54) is 0 Å². The minimum absolute atomic E-state index is 0.0422. The van der Waals surface area contributed by atoms with Crippen LogP contribution in [0.1, 0.15) is 12.5 Å². The van der Waals surface area contributed by atoms with Gasteiger partial charge in [0.1, 0.15) is 12.4 Å². The van der Waals surface area contributed by atoms with Crippen molar-refractivity contribution in [1.29, 1.82) is 0 Å². The Bertz CT molecular complexity index is 398. The third-order valence-electron chi connectivity index (χ3n) is 2.21. The molecule has 18 heavy (non-hydrogen) atoms. The van der Waals surface area contributed by atoms with Crippen LogP contribution in [0.3, 0.4) is 0 Å². The Morgan fingerprint density at radius 3 is 2.61 bits per heavy atom. The number of hydrogen-bond donors (Lipinski definition) is 2. The van der Waals surface area contributed by atoms with E-state index in [4.69, 9.17) is 9.84 Å². The molecule has 98 valence electrons. The summed E-state index contributed by atoms with van der Waals surface area (Å²) >= 11 is 0. The van der Waals surface area contributed by atoms with Gasteiger partial charge in [-0.3, -0.25) is 4.79 Å². The van der Waals surface area contributed by atoms with Gasteiger partial charge >= 0.3 is 0 Å². The van der Waals surface area contributed by atoms with E-state index in [-0.39, 0.29) is 12.5 Å². The Morgan fingerprint density at radius 2 is 2.06 bits per heavy atom. The highest BCUT2D eigenvalue weighted by atomic mass is 16.5. The van der Waals surface area contributed by atoms with Crippen LogP contribution in [0.5, 0.6) is 5.75 Å². The first-order chi connectivity index (χ1) is 8.61. The molecule has 0 radical (unpaired) electrons. The van der Waals surface area contributed by atoms with Crippen LogP contribution < -0.4 is 10.1 Å². The molecule has 4 nitrogen and oxygen atoms in total. The molecule has 1 rings (SSSR count). The van der Waals surface area contributed by atoms with E-state index in [1.807, 2.05) is 31.2 Å². The van der Waals surface area contributed by atoms with Gasteiger partial charge in [-0.05, 0) is 30.2 Å². The Hall–Kier alpha value is -1.81. The second kappa shape index (κ2) is 7.50. The number of carbonyl (C=O) groups excluding carboxylic acids is 1. The highest BCUT2D eigenvalue weighted by Gasteiger charge is 2.02. The zero-order valence-corrected chi connectivity index (χ0v) is 10.6. The van der Waals surface area contributed by atoms with Gasteiger partial charge in [0.25, 0.3) is 0 Å². The molecular weight excluding hydrogens is 230 g/mol. The van der Waals surface area contributed by atoms with Crippen LogP contribution in [0.4, 0.5) is 0 Å². The minimum atomic E-state index is -0.0975. The first-order valence-electron chi connectivity index (χ1n) is 5.85. The van der Waals surface area contributed by atoms with Crippen molar-refractivity contribution in [3.05, 3.63) is 42.0 Å². The number of benzene rings is 1. The molecule has 0 fully saturated rings. The lowest BCUT2D eigenvalue weighted by Crippen LogP contribution is -2.27. The van der Waals surface area contributed by atoms with Crippen molar-refractivity contribution in [2.75, 3.05) is 19.8 Å². The highest BCUT2D eigenvalue weighted by Crippen LogP contribution is 2.13. The minimum Gasteiger partial charge on any atom is -0.489 e. The number of aliphatic hydroxyl groups excluding tert-OH is 1. The molecule has 1 amide bonds. The van der Waals surface area contributed by atoms with Crippen molar-refractivity contribution >= 4 is 5.91 Å². The predicted octanol–water partition coefficient (Wildman–Crippen LogP) is 1.29. The van der Waals surface area contributed by atoms with E-state index in [9.17, 15) is 4.79 Å². The third kappa shape index (κ3) is 5.50. The summed E-state index contributed by atoms with van der Waals surface area (Å²) in [6.07, 6.45) is 0.306. The molecule has 1 aromatic carbocycles. The van der Waals surface area contributed by atoms with Gasteiger partial charge in [-0.2, -0.15) is 0 Å². The van der Waals surface area contributed by atoms with Crippen molar-refractivity contribution < 1.29 is 14.6 Å². The smallest absolute Gasteiger partial charge is 0.224 e. The van der Waals surface area contributed by atoms with E-state index in [1.54, 1.807) is 0 Å². The number of hydrogen-bond acceptors (Lipinski definition) is 3. The molecule has 2 N–H and O–H groups in total. The summed E-state index contributed by atoms with van der Waals surface area (Å²) in [5.74, 6) is 0.664. The monoisotopic (exact) mass is 249 g/mol. The molecule has 1 aromatic rings. The van der Waals surface area contributed by atoms with Gasteiger partial charge in [-0.25, -0.2) is 0 Å². The molecule has 0 unspecified atom stereocenters. The fourth-order valence-corrected chi connectivity index (χ4v) is 1.35. The Labute approximate surface area is 107 Å². The number of nitrogens with one attached hydrogen (secondary N) is 1. The lowest BCUT2D eigenvalue weighted by molar-refractivity contribution is -0.120. The van der Waals surface area contributed by atoms with E-state index in [0.29, 0.717) is 19.6 Å². The van der Waals surface area contributed by atoms with Crippen LogP contribution in [0.15, 0.2) is 36.4 Å². The normalized spacial score (nSPS) is 9.89. The van der Waals surface area contributed by atoms with Crippen molar-refractivity contribution in [1.82, 2.24) is 5.32 Å². The second-order valence-corrected chi connectivity index (χ2v) is 4.14. The number of carbonyl (C=O) groups is 1. The number of amides is 1. The largest absolute Gasteiger partial charge is 0.489 e. The SMILES string of the molecule is C=C(C)COc1ccc(CC(=O)NCCO)cc1. The Balaban J connectivity index is 2.44. The first-order valence-corrected chi connectivity index (χ1v) is 5.85. The van der Waals surface area contributed by atoms with E-state index in [0.717, 1.165) is 16.9 Å². The molecule has 0 aliphatic carbocycles. The lowest BCUT2D eigenvalue weighted by Gasteiger charge is -2.07. The molecule has 0 atom stereocenters. The second-order valence-electron chi connectivity index (χ2n) is 4.14. The van der Waals surface area contributed by atoms with E-state index >= 15 is 0 Å². The van der Waals surface area contributed by atoms with Crippen LogP contribution in [-0.4, -0.2) is 30.8 Å². The summed E-state index contributed by atoms with van der Waals surface area (Å²) in [6, 6.07) is 7.37. The van der Waals surface area contributed by atoms with Crippen molar-refractivity contribution in [3.63, 3.8) is 0 Å². The molecular formula is C14H19NO3. The molecule has 0 saturated heterocycles. The fourth-order valence-electron chi connectivity index (χ4n) is 1.35. The molecule has 0 aliphatic rings. The summed E-state index contributed by atoms with van der Waals surface area (Å²) in [7, 11) is 0. The molecule has 0 aromatic heterocycles. The van der Waals surface area contributed by atoms with Crippen LogP contribution >= 0.6 is 0 Å². The van der Waals surface area contributed by atoms with Gasteiger partial charge in [0.15, 0.2) is 0 Å². The zero-order chi connectivity index (χ0) is 13.4. The standard InChI is InChI=1S/C14H19NO3/c1-11(2)10-18-13-5-3-12(4-6-13)9-14(17)15-7-8-16/h3-6,16H,1,7-10H2,2H3,(H,15,17). The average molecular weight is 249 g/mol. The maximum absolute atomic E-state index is 11.4. The highest BCUT2D eigenvalue weighted by molar-refractivity contribution is 5.78. The molecule has 0 bridgehead atoms. The van der Waals surface area contributed by atoms with E-state index < -0.39 is 0 Å². The summed E-state index contributed by atoms with van der Waals surface area (Å²) in [4.78, 5) is 11.4. The van der Waals surface area contributed by atoms with E-state index in [2.05, 4.69) is 11.9 Å². The van der Waals surface area contributed by atoms with Crippen LogP contribution in [-0.2, 0) is 11.2 Å². The number of rotatable bonds is 7. The molecule has 0 saturated carbocycles. The maximum atomic E-state index is 11.4. The molecule has 0 aliphatic heterocycles. The first kappa shape index (κ1) is 14.3. The summed E-state index contributed by atoms with van der Waals surface area (Å²) in [5, 5.41) is 11.2. The van der Waals surface area contributed by atoms with Gasteiger partial charge < -0.3 is 15.2 Å². The Kier molecular flexibility index (Phi) is 5.94. The van der Waals surface area contributed by atoms with Gasteiger partial charge in [0.05, 0.1) is 13.0 Å². The quantitative estimate of drug-likeness (QED) is 0.716. The zero-order valence-electron chi connectivity index (χ0n) is 10.6. The molecule has 4 heteroatoms. The van der Waals surface area contributed by atoms with Gasteiger partial charge in [-0.1, -0.05) is 18.7 Å². The van der Waals surface area contributed by atoms with Crippen LogP contribution in [0.25, 0.3) is 0 Å². The number of aliphatic hydroxyl groups is 1. The average Bonchev–Trinajstić information content (AvgIpc) is 2.35. The number of ether oxygens (including phenoxy) is 1. The lowest BCUT2D eigenvalue weighted by atomic mass is 10.1.